The molecule has 4 rings (SSSR count). The largest absolute Gasteiger partial charge is 0.444 e. The van der Waals surface area contributed by atoms with Gasteiger partial charge in [-0.25, -0.2) is 4.79 Å². The molecular formula is C25H30N4O3. The summed E-state index contributed by atoms with van der Waals surface area (Å²) in [4.78, 5) is 31.7. The lowest BCUT2D eigenvalue weighted by atomic mass is 10.0. The lowest BCUT2D eigenvalue weighted by Crippen LogP contribution is -2.42. The second-order valence-corrected chi connectivity index (χ2v) is 9.28. The van der Waals surface area contributed by atoms with Crippen LogP contribution in [-0.4, -0.2) is 45.1 Å². The smallest absolute Gasteiger partial charge is 0.410 e. The predicted molar refractivity (Wildman–Crippen MR) is 125 cm³/mol. The standard InChI is InChI=1S/C25H30N4O3/c1-17-9-10-20(19-7-5-13-26-22(17)19)27-23(30)21-8-6-14-29(21)18-11-15-28(16-12-18)24(31)32-25(2,3)4/h5-10,13-14,18H,11-12,15-16H2,1-4H3,(H,27,30). The van der Waals surface area contributed by atoms with Gasteiger partial charge >= 0.3 is 6.09 Å². The zero-order valence-electron chi connectivity index (χ0n) is 19.1. The number of piperidine rings is 1. The molecule has 0 aliphatic carbocycles. The van der Waals surface area contributed by atoms with E-state index in [0.717, 1.165) is 35.0 Å². The van der Waals surface area contributed by atoms with Gasteiger partial charge in [0.25, 0.3) is 5.91 Å². The van der Waals surface area contributed by atoms with Crippen LogP contribution in [0.5, 0.6) is 0 Å². The van der Waals surface area contributed by atoms with Crippen LogP contribution in [0.1, 0.15) is 55.7 Å². The van der Waals surface area contributed by atoms with Gasteiger partial charge < -0.3 is 19.5 Å². The molecule has 1 N–H and O–H groups in total. The van der Waals surface area contributed by atoms with E-state index in [4.69, 9.17) is 4.74 Å². The zero-order valence-corrected chi connectivity index (χ0v) is 19.1. The number of aryl methyl sites for hydroxylation is 1. The normalized spacial score (nSPS) is 15.1. The predicted octanol–water partition coefficient (Wildman–Crippen LogP) is 5.17. The number of pyridine rings is 1. The third-order valence-electron chi connectivity index (χ3n) is 5.74. The highest BCUT2D eigenvalue weighted by atomic mass is 16.6. The number of aromatic nitrogens is 2. The Hall–Kier alpha value is -3.35. The molecule has 2 amide bonds. The molecule has 1 aliphatic rings. The molecule has 1 aromatic carbocycles. The average molecular weight is 435 g/mol. The van der Waals surface area contributed by atoms with Gasteiger partial charge in [-0.2, -0.15) is 0 Å². The molecule has 3 heterocycles. The summed E-state index contributed by atoms with van der Waals surface area (Å²) in [6.07, 6.45) is 4.96. The second-order valence-electron chi connectivity index (χ2n) is 9.28. The molecule has 0 spiro atoms. The molecule has 0 bridgehead atoms. The van der Waals surface area contributed by atoms with Crippen molar-refractivity contribution in [3.05, 3.63) is 60.0 Å². The van der Waals surface area contributed by atoms with Gasteiger partial charge in [-0.15, -0.1) is 0 Å². The minimum Gasteiger partial charge on any atom is -0.444 e. The number of rotatable bonds is 3. The summed E-state index contributed by atoms with van der Waals surface area (Å²) in [5.74, 6) is -0.154. The molecule has 7 nitrogen and oxygen atoms in total. The number of nitrogens with one attached hydrogen (secondary N) is 1. The highest BCUT2D eigenvalue weighted by molar-refractivity contribution is 6.08. The zero-order chi connectivity index (χ0) is 22.9. The van der Waals surface area contributed by atoms with E-state index >= 15 is 0 Å². The number of carbonyl (C=O) groups is 2. The van der Waals surface area contributed by atoms with E-state index in [-0.39, 0.29) is 18.0 Å². The molecule has 0 radical (unpaired) electrons. The summed E-state index contributed by atoms with van der Waals surface area (Å²) in [5, 5.41) is 3.98. The number of hydrogen-bond acceptors (Lipinski definition) is 4. The van der Waals surface area contributed by atoms with E-state index in [0.29, 0.717) is 18.8 Å². The quantitative estimate of drug-likeness (QED) is 0.617. The fourth-order valence-electron chi connectivity index (χ4n) is 4.17. The summed E-state index contributed by atoms with van der Waals surface area (Å²) in [5.41, 5.74) is 2.80. The van der Waals surface area contributed by atoms with Gasteiger partial charge in [0.1, 0.15) is 11.3 Å². The number of amides is 2. The van der Waals surface area contributed by atoms with E-state index in [9.17, 15) is 9.59 Å². The van der Waals surface area contributed by atoms with Crippen molar-refractivity contribution in [1.29, 1.82) is 0 Å². The van der Waals surface area contributed by atoms with Crippen molar-refractivity contribution in [2.75, 3.05) is 18.4 Å². The van der Waals surface area contributed by atoms with Gasteiger partial charge in [0.05, 0.1) is 11.2 Å². The van der Waals surface area contributed by atoms with Crippen LogP contribution in [-0.2, 0) is 4.74 Å². The first-order chi connectivity index (χ1) is 15.2. The van der Waals surface area contributed by atoms with Crippen molar-refractivity contribution in [2.24, 2.45) is 0 Å². The first-order valence-electron chi connectivity index (χ1n) is 11.0. The van der Waals surface area contributed by atoms with Gasteiger partial charge in [0, 0.05) is 36.9 Å². The number of fused-ring (bicyclic) bond motifs is 1. The van der Waals surface area contributed by atoms with Crippen molar-refractivity contribution in [3.63, 3.8) is 0 Å². The Morgan fingerprint density at radius 3 is 2.56 bits per heavy atom. The van der Waals surface area contributed by atoms with Crippen LogP contribution in [0.3, 0.4) is 0 Å². The Bertz CT molecular complexity index is 1140. The second kappa shape index (κ2) is 8.65. The van der Waals surface area contributed by atoms with Crippen molar-refractivity contribution >= 4 is 28.6 Å². The number of carbonyl (C=O) groups excluding carboxylic acids is 2. The first kappa shape index (κ1) is 21.9. The molecule has 0 unspecified atom stereocenters. The Labute approximate surface area is 188 Å². The Morgan fingerprint density at radius 1 is 1.09 bits per heavy atom. The molecule has 0 atom stereocenters. The summed E-state index contributed by atoms with van der Waals surface area (Å²) >= 11 is 0. The minimum absolute atomic E-state index is 0.154. The molecule has 1 saturated heterocycles. The highest BCUT2D eigenvalue weighted by Gasteiger charge is 2.28. The fraction of sp³-hybridized carbons (Fsp3) is 0.400. The molecule has 168 valence electrons. The maximum atomic E-state index is 13.2. The molecule has 3 aromatic rings. The number of nitrogens with zero attached hydrogens (tertiary/aromatic N) is 3. The van der Waals surface area contributed by atoms with Crippen LogP contribution in [0.2, 0.25) is 0 Å². The minimum atomic E-state index is -0.505. The van der Waals surface area contributed by atoms with E-state index < -0.39 is 5.60 Å². The summed E-state index contributed by atoms with van der Waals surface area (Å²) in [7, 11) is 0. The summed E-state index contributed by atoms with van der Waals surface area (Å²) in [6.45, 7) is 8.83. The Morgan fingerprint density at radius 2 is 1.84 bits per heavy atom. The van der Waals surface area contributed by atoms with E-state index in [1.54, 1.807) is 11.1 Å². The average Bonchev–Trinajstić information content (AvgIpc) is 3.25. The Kier molecular flexibility index (Phi) is 5.91. The van der Waals surface area contributed by atoms with Crippen LogP contribution >= 0.6 is 0 Å². The van der Waals surface area contributed by atoms with Crippen LogP contribution in [0.25, 0.3) is 10.9 Å². The lowest BCUT2D eigenvalue weighted by molar-refractivity contribution is 0.0187. The fourth-order valence-corrected chi connectivity index (χ4v) is 4.17. The molecule has 32 heavy (non-hydrogen) atoms. The van der Waals surface area contributed by atoms with Crippen LogP contribution in [0, 0.1) is 6.92 Å². The SMILES string of the molecule is Cc1ccc(NC(=O)c2cccn2C2CCN(C(=O)OC(C)(C)C)CC2)c2cccnc12. The summed E-state index contributed by atoms with van der Waals surface area (Å²) < 4.78 is 7.51. The number of likely N-dealkylation sites (tertiary alicyclic amines) is 1. The molecule has 1 aliphatic heterocycles. The van der Waals surface area contributed by atoms with E-state index in [1.165, 1.54) is 0 Å². The molecule has 2 aromatic heterocycles. The molecule has 1 fully saturated rings. The lowest BCUT2D eigenvalue weighted by Gasteiger charge is -2.34. The van der Waals surface area contributed by atoms with Crippen LogP contribution < -0.4 is 5.32 Å². The van der Waals surface area contributed by atoms with Crippen molar-refractivity contribution in [3.8, 4) is 0 Å². The molecule has 0 saturated carbocycles. The maximum Gasteiger partial charge on any atom is 0.410 e. The Balaban J connectivity index is 1.46. The highest BCUT2D eigenvalue weighted by Crippen LogP contribution is 2.28. The van der Waals surface area contributed by atoms with Crippen LogP contribution in [0.4, 0.5) is 10.5 Å². The first-order valence-corrected chi connectivity index (χ1v) is 11.0. The van der Waals surface area contributed by atoms with Gasteiger partial charge in [0.15, 0.2) is 0 Å². The van der Waals surface area contributed by atoms with Gasteiger partial charge in [-0.3, -0.25) is 9.78 Å². The van der Waals surface area contributed by atoms with Crippen molar-refractivity contribution in [2.45, 2.75) is 52.2 Å². The number of hydrogen-bond donors (Lipinski definition) is 1. The van der Waals surface area contributed by atoms with Crippen LogP contribution in [0.15, 0.2) is 48.8 Å². The topological polar surface area (TPSA) is 76.5 Å². The number of anilines is 1. The molecule has 7 heteroatoms. The number of ether oxygens (including phenoxy) is 1. The summed E-state index contributed by atoms with van der Waals surface area (Å²) in [6, 6.07) is 11.6. The van der Waals surface area contributed by atoms with Gasteiger partial charge in [0.2, 0.25) is 0 Å². The van der Waals surface area contributed by atoms with E-state index in [2.05, 4.69) is 10.3 Å². The molecular weight excluding hydrogens is 404 g/mol. The van der Waals surface area contributed by atoms with Crippen molar-refractivity contribution in [1.82, 2.24) is 14.5 Å². The third kappa shape index (κ3) is 4.61. The van der Waals surface area contributed by atoms with E-state index in [1.807, 2.05) is 74.9 Å². The monoisotopic (exact) mass is 434 g/mol. The third-order valence-corrected chi connectivity index (χ3v) is 5.74. The maximum absolute atomic E-state index is 13.2. The van der Waals surface area contributed by atoms with Crippen molar-refractivity contribution < 1.29 is 14.3 Å². The van der Waals surface area contributed by atoms with Gasteiger partial charge in [-0.05, 0) is 76.4 Å². The van der Waals surface area contributed by atoms with Gasteiger partial charge in [-0.1, -0.05) is 6.07 Å². The number of benzene rings is 1.